The van der Waals surface area contributed by atoms with E-state index in [1.807, 2.05) is 13.8 Å². The predicted molar refractivity (Wildman–Crippen MR) is 145 cm³/mol. The number of fused-ring (bicyclic) bond motifs is 1. The minimum absolute atomic E-state index is 0.0697. The number of nitrogens with zero attached hydrogens (tertiary/aromatic N) is 2. The highest BCUT2D eigenvalue weighted by molar-refractivity contribution is 6.33. The number of aromatic nitrogens is 2. The summed E-state index contributed by atoms with van der Waals surface area (Å²) in [5.41, 5.74) is 2.30. The van der Waals surface area contributed by atoms with Crippen LogP contribution in [-0.2, 0) is 11.2 Å². The molecule has 2 aromatic heterocycles. The number of anilines is 1. The summed E-state index contributed by atoms with van der Waals surface area (Å²) < 4.78 is 32.1. The zero-order chi connectivity index (χ0) is 28.1. The largest absolute Gasteiger partial charge is 0.381 e. The van der Waals surface area contributed by atoms with Gasteiger partial charge < -0.3 is 19.9 Å². The number of halogens is 3. The van der Waals surface area contributed by atoms with E-state index in [9.17, 15) is 18.5 Å². The van der Waals surface area contributed by atoms with E-state index in [0.717, 1.165) is 11.1 Å². The SMILES string of the molecule is CCC1c2c[nH]c(=O)cc2CC(C)N1C(=O)Nc1cc(Cl)c(-c2ccc(OF)nc2)cc1F.COC1CCC1. The van der Waals surface area contributed by atoms with Gasteiger partial charge in [0.05, 0.1) is 22.9 Å². The normalized spacial score (nSPS) is 18.4. The molecule has 5 rings (SSSR count). The molecule has 0 bridgehead atoms. The fraction of sp³-hybridized carbons (Fsp3) is 0.393. The number of rotatable bonds is 5. The van der Waals surface area contributed by atoms with Crippen molar-refractivity contribution in [2.24, 2.45) is 0 Å². The summed E-state index contributed by atoms with van der Waals surface area (Å²) in [6.45, 7) is 3.83. The Balaban J connectivity index is 0.000000519. The third-order valence-electron chi connectivity index (χ3n) is 7.16. The molecule has 3 aromatic rings. The second-order valence-electron chi connectivity index (χ2n) is 9.66. The highest BCUT2D eigenvalue weighted by Gasteiger charge is 2.35. The van der Waals surface area contributed by atoms with Crippen LogP contribution in [0.25, 0.3) is 11.1 Å². The smallest absolute Gasteiger partial charge is 0.322 e. The molecule has 39 heavy (non-hydrogen) atoms. The van der Waals surface area contributed by atoms with Crippen LogP contribution >= 0.6 is 11.6 Å². The molecule has 3 heterocycles. The van der Waals surface area contributed by atoms with E-state index < -0.39 is 11.8 Å². The van der Waals surface area contributed by atoms with Crippen molar-refractivity contribution in [2.75, 3.05) is 12.4 Å². The molecular formula is C28H31ClF2N4O4. The first-order valence-corrected chi connectivity index (χ1v) is 13.2. The summed E-state index contributed by atoms with van der Waals surface area (Å²) in [6, 6.07) is 5.89. The molecule has 0 spiro atoms. The van der Waals surface area contributed by atoms with Crippen LogP contribution in [0.1, 0.15) is 56.7 Å². The van der Waals surface area contributed by atoms with Gasteiger partial charge in [-0.05, 0) is 68.4 Å². The Morgan fingerprint density at radius 3 is 2.62 bits per heavy atom. The average Bonchev–Trinajstić information content (AvgIpc) is 2.89. The molecule has 2 N–H and O–H groups in total. The summed E-state index contributed by atoms with van der Waals surface area (Å²) in [5.74, 6) is -0.915. The van der Waals surface area contributed by atoms with Gasteiger partial charge in [0.1, 0.15) is 5.82 Å². The van der Waals surface area contributed by atoms with Crippen LogP contribution < -0.4 is 15.8 Å². The van der Waals surface area contributed by atoms with Crippen molar-refractivity contribution in [1.29, 1.82) is 0 Å². The molecule has 1 aromatic carbocycles. The maximum Gasteiger partial charge on any atom is 0.322 e. The maximum absolute atomic E-state index is 14.9. The van der Waals surface area contributed by atoms with E-state index in [2.05, 4.69) is 20.2 Å². The third-order valence-corrected chi connectivity index (χ3v) is 7.48. The Morgan fingerprint density at radius 1 is 1.28 bits per heavy atom. The van der Waals surface area contributed by atoms with Crippen LogP contribution in [0.15, 0.2) is 47.5 Å². The van der Waals surface area contributed by atoms with Crippen LogP contribution in [0.4, 0.5) is 19.4 Å². The molecule has 0 radical (unpaired) electrons. The molecule has 2 amide bonds. The van der Waals surface area contributed by atoms with E-state index in [0.29, 0.717) is 30.1 Å². The molecule has 208 valence electrons. The molecule has 2 atom stereocenters. The van der Waals surface area contributed by atoms with Gasteiger partial charge in [-0.15, -0.1) is 0 Å². The molecule has 8 nitrogen and oxygen atoms in total. The average molecular weight is 561 g/mol. The predicted octanol–water partition coefficient (Wildman–Crippen LogP) is 6.61. The lowest BCUT2D eigenvalue weighted by Crippen LogP contribution is -2.48. The van der Waals surface area contributed by atoms with Gasteiger partial charge in [0.15, 0.2) is 0 Å². The number of hydrogen-bond acceptors (Lipinski definition) is 5. The number of hydrogen-bond donors (Lipinski definition) is 2. The third kappa shape index (κ3) is 6.39. The Kier molecular flexibility index (Phi) is 9.19. The number of nitrogens with one attached hydrogen (secondary N) is 2. The number of pyridine rings is 2. The van der Waals surface area contributed by atoms with E-state index in [4.69, 9.17) is 16.3 Å². The van der Waals surface area contributed by atoms with Crippen LogP contribution in [0.5, 0.6) is 5.88 Å². The number of benzene rings is 1. The second kappa shape index (κ2) is 12.6. The molecule has 2 aliphatic rings. The lowest BCUT2D eigenvalue weighted by Gasteiger charge is -2.41. The van der Waals surface area contributed by atoms with Crippen molar-refractivity contribution in [2.45, 2.75) is 64.1 Å². The Morgan fingerprint density at radius 2 is 2.05 bits per heavy atom. The first-order valence-electron chi connectivity index (χ1n) is 12.8. The quantitative estimate of drug-likeness (QED) is 0.366. The van der Waals surface area contributed by atoms with Gasteiger partial charge in [-0.25, -0.2) is 14.2 Å². The minimum atomic E-state index is -0.684. The first-order chi connectivity index (χ1) is 18.7. The second-order valence-corrected chi connectivity index (χ2v) is 10.1. The fourth-order valence-corrected chi connectivity index (χ4v) is 5.15. The van der Waals surface area contributed by atoms with Gasteiger partial charge >= 0.3 is 6.03 Å². The molecule has 1 saturated carbocycles. The number of urea groups is 1. The molecule has 2 unspecified atom stereocenters. The standard InChI is InChI=1S/C23H21ClF2N4O3.C5H10O/c1-3-20-16-11-27-21(31)7-14(16)6-12(2)30(20)23(32)29-19-9-17(24)15(8-18(19)25)13-4-5-22(33-26)28-10-13;1-6-5-3-2-4-5/h4-5,7-12,20H,3,6H2,1-2H3,(H,27,31)(H,29,32);5H,2-4H2,1H3. The van der Waals surface area contributed by atoms with Crippen molar-refractivity contribution in [3.63, 3.8) is 0 Å². The number of ether oxygens (including phenoxy) is 1. The summed E-state index contributed by atoms with van der Waals surface area (Å²) >= 11 is 6.35. The number of carbonyl (C=O) groups is 1. The Labute approximate surface area is 230 Å². The van der Waals surface area contributed by atoms with E-state index >= 15 is 0 Å². The molecule has 1 aliphatic heterocycles. The molecule has 1 aliphatic carbocycles. The zero-order valence-electron chi connectivity index (χ0n) is 22.0. The highest BCUT2D eigenvalue weighted by atomic mass is 35.5. The minimum Gasteiger partial charge on any atom is -0.381 e. The summed E-state index contributed by atoms with van der Waals surface area (Å²) in [4.78, 5) is 36.5. The lowest BCUT2D eigenvalue weighted by molar-refractivity contribution is -0.0118. The summed E-state index contributed by atoms with van der Waals surface area (Å²) in [5, 5.41) is 2.81. The van der Waals surface area contributed by atoms with Gasteiger partial charge in [-0.1, -0.05) is 18.5 Å². The van der Waals surface area contributed by atoms with Crippen LogP contribution in [0.2, 0.25) is 5.02 Å². The first kappa shape index (κ1) is 28.5. The van der Waals surface area contributed by atoms with E-state index in [-0.39, 0.29) is 34.2 Å². The summed E-state index contributed by atoms with van der Waals surface area (Å²) in [7, 11) is 1.78. The van der Waals surface area contributed by atoms with Gasteiger partial charge in [-0.2, -0.15) is 0 Å². The van der Waals surface area contributed by atoms with Crippen molar-refractivity contribution in [3.05, 3.63) is 75.0 Å². The number of H-pyrrole nitrogens is 1. The van der Waals surface area contributed by atoms with E-state index in [1.54, 1.807) is 24.3 Å². The van der Waals surface area contributed by atoms with Crippen LogP contribution in [-0.4, -0.2) is 40.2 Å². The number of amides is 2. The summed E-state index contributed by atoms with van der Waals surface area (Å²) in [6.07, 6.45) is 8.63. The molecule has 0 saturated heterocycles. The van der Waals surface area contributed by atoms with Crippen molar-refractivity contribution in [1.82, 2.24) is 14.9 Å². The van der Waals surface area contributed by atoms with Crippen molar-refractivity contribution in [3.8, 4) is 17.0 Å². The maximum atomic E-state index is 14.9. The van der Waals surface area contributed by atoms with Gasteiger partial charge in [0.2, 0.25) is 5.56 Å². The van der Waals surface area contributed by atoms with Crippen molar-refractivity contribution < 1.29 is 23.4 Å². The van der Waals surface area contributed by atoms with Crippen LogP contribution in [0.3, 0.4) is 0 Å². The van der Waals surface area contributed by atoms with E-state index in [1.165, 1.54) is 49.7 Å². The molecular weight excluding hydrogens is 530 g/mol. The van der Waals surface area contributed by atoms with Gasteiger partial charge in [-0.3, -0.25) is 9.74 Å². The van der Waals surface area contributed by atoms with Crippen molar-refractivity contribution >= 4 is 23.3 Å². The zero-order valence-corrected chi connectivity index (χ0v) is 22.7. The van der Waals surface area contributed by atoms with Gasteiger partial charge in [0, 0.05) is 53.3 Å². The van der Waals surface area contributed by atoms with Gasteiger partial charge in [0.25, 0.3) is 5.88 Å². The highest BCUT2D eigenvalue weighted by Crippen LogP contribution is 2.36. The van der Waals surface area contributed by atoms with Crippen LogP contribution in [0, 0.1) is 5.82 Å². The molecule has 11 heteroatoms. The Bertz CT molecular complexity index is 1360. The number of carbonyl (C=O) groups excluding carboxylic acids is 1. The monoisotopic (exact) mass is 560 g/mol. The Hall–Kier alpha value is -3.50. The lowest BCUT2D eigenvalue weighted by atomic mass is 9.89. The number of aromatic amines is 1. The molecule has 1 fully saturated rings. The fourth-order valence-electron chi connectivity index (χ4n) is 4.88. The topological polar surface area (TPSA) is 96.6 Å². The number of methoxy groups -OCH3 is 1.